The van der Waals surface area contributed by atoms with Crippen LogP contribution in [0.2, 0.25) is 0 Å². The lowest BCUT2D eigenvalue weighted by Crippen LogP contribution is -2.13. The number of aryl methyl sites for hydroxylation is 2. The number of amides is 1. The van der Waals surface area contributed by atoms with E-state index in [1.165, 1.54) is 12.1 Å². The fraction of sp³-hybridized carbons (Fsp3) is 0.250. The van der Waals surface area contributed by atoms with Crippen molar-refractivity contribution in [1.82, 2.24) is 10.1 Å². The second-order valence-corrected chi connectivity index (χ2v) is 6.39. The molecule has 0 saturated carbocycles. The summed E-state index contributed by atoms with van der Waals surface area (Å²) in [4.78, 5) is 16.2. The highest BCUT2D eigenvalue weighted by Gasteiger charge is 2.30. The molecule has 1 N–H and O–H groups in total. The van der Waals surface area contributed by atoms with Gasteiger partial charge >= 0.3 is 6.18 Å². The molecule has 0 saturated heterocycles. The highest BCUT2D eigenvalue weighted by atomic mass is 19.4. The Balaban J connectivity index is 1.64. The van der Waals surface area contributed by atoms with Gasteiger partial charge < -0.3 is 9.84 Å². The van der Waals surface area contributed by atoms with Gasteiger partial charge in [-0.25, -0.2) is 0 Å². The van der Waals surface area contributed by atoms with Crippen LogP contribution in [0.25, 0.3) is 11.4 Å². The van der Waals surface area contributed by atoms with Crippen molar-refractivity contribution < 1.29 is 22.5 Å². The van der Waals surface area contributed by atoms with Crippen LogP contribution in [-0.2, 0) is 17.4 Å². The van der Waals surface area contributed by atoms with Crippen LogP contribution in [0.3, 0.4) is 0 Å². The first-order chi connectivity index (χ1) is 13.2. The zero-order valence-corrected chi connectivity index (χ0v) is 15.3. The average Bonchev–Trinajstić information content (AvgIpc) is 3.12. The maximum Gasteiger partial charge on any atom is 0.416 e. The number of rotatable bonds is 5. The summed E-state index contributed by atoms with van der Waals surface area (Å²) >= 11 is 0. The van der Waals surface area contributed by atoms with Gasteiger partial charge in [0.05, 0.1) is 5.56 Å². The number of nitrogens with zero attached hydrogens (tertiary/aromatic N) is 2. The van der Waals surface area contributed by atoms with Gasteiger partial charge in [-0.1, -0.05) is 29.4 Å². The molecule has 1 amide bonds. The lowest BCUT2D eigenvalue weighted by atomic mass is 10.1. The number of benzene rings is 2. The van der Waals surface area contributed by atoms with Gasteiger partial charge in [0.15, 0.2) is 0 Å². The van der Waals surface area contributed by atoms with Crippen LogP contribution in [-0.4, -0.2) is 16.0 Å². The summed E-state index contributed by atoms with van der Waals surface area (Å²) < 4.78 is 43.5. The van der Waals surface area contributed by atoms with E-state index in [0.29, 0.717) is 0 Å². The maximum absolute atomic E-state index is 12.8. The molecular formula is C20H18F3N3O2. The lowest BCUT2D eigenvalue weighted by Gasteiger charge is -2.09. The number of halogens is 3. The Labute approximate surface area is 159 Å². The fourth-order valence-electron chi connectivity index (χ4n) is 2.63. The molecule has 0 aliphatic carbocycles. The van der Waals surface area contributed by atoms with Crippen molar-refractivity contribution in [2.75, 3.05) is 5.32 Å². The SMILES string of the molecule is Cc1cccc(NC(=O)CCc2nc(-c3cccc(C(F)(F)F)c3)no2)c1C. The largest absolute Gasteiger partial charge is 0.416 e. The van der Waals surface area contributed by atoms with Crippen LogP contribution in [0.1, 0.15) is 29.0 Å². The van der Waals surface area contributed by atoms with Crippen LogP contribution >= 0.6 is 0 Å². The number of carbonyl (C=O) groups excluding carboxylic acids is 1. The Bertz CT molecular complexity index is 996. The summed E-state index contributed by atoms with van der Waals surface area (Å²) in [5.41, 5.74) is 2.20. The summed E-state index contributed by atoms with van der Waals surface area (Å²) in [5, 5.41) is 6.54. The van der Waals surface area contributed by atoms with Gasteiger partial charge in [-0.2, -0.15) is 18.2 Å². The number of carbonyl (C=O) groups is 1. The molecule has 3 aromatic rings. The van der Waals surface area contributed by atoms with Crippen LogP contribution < -0.4 is 5.32 Å². The van der Waals surface area contributed by atoms with Crippen molar-refractivity contribution in [3.05, 3.63) is 65.0 Å². The van der Waals surface area contributed by atoms with Gasteiger partial charge in [-0.3, -0.25) is 4.79 Å². The molecule has 5 nitrogen and oxygen atoms in total. The Hall–Kier alpha value is -3.16. The smallest absolute Gasteiger partial charge is 0.339 e. The third-order valence-electron chi connectivity index (χ3n) is 4.36. The van der Waals surface area contributed by atoms with Gasteiger partial charge in [0.2, 0.25) is 17.6 Å². The van der Waals surface area contributed by atoms with E-state index >= 15 is 0 Å². The second kappa shape index (κ2) is 7.84. The highest BCUT2D eigenvalue weighted by Crippen LogP contribution is 2.31. The summed E-state index contributed by atoms with van der Waals surface area (Å²) in [7, 11) is 0. The minimum absolute atomic E-state index is 0.0519. The van der Waals surface area contributed by atoms with E-state index in [1.54, 1.807) is 0 Å². The number of nitrogens with one attached hydrogen (secondary N) is 1. The molecule has 0 radical (unpaired) electrons. The van der Waals surface area contributed by atoms with Crippen molar-refractivity contribution in [2.45, 2.75) is 32.9 Å². The van der Waals surface area contributed by atoms with Crippen LogP contribution in [0.5, 0.6) is 0 Å². The fourth-order valence-corrected chi connectivity index (χ4v) is 2.63. The minimum Gasteiger partial charge on any atom is -0.339 e. The number of alkyl halides is 3. The zero-order valence-electron chi connectivity index (χ0n) is 15.3. The highest BCUT2D eigenvalue weighted by molar-refractivity contribution is 5.91. The Morgan fingerprint density at radius 1 is 1.14 bits per heavy atom. The number of hydrogen-bond acceptors (Lipinski definition) is 4. The molecule has 3 rings (SSSR count). The van der Waals surface area contributed by atoms with Crippen molar-refractivity contribution in [3.8, 4) is 11.4 Å². The average molecular weight is 389 g/mol. The Morgan fingerprint density at radius 2 is 1.89 bits per heavy atom. The Kier molecular flexibility index (Phi) is 5.48. The molecule has 0 fully saturated rings. The molecular weight excluding hydrogens is 371 g/mol. The van der Waals surface area contributed by atoms with Crippen LogP contribution in [0, 0.1) is 13.8 Å². The molecule has 1 aromatic heterocycles. The number of anilines is 1. The van der Waals surface area contributed by atoms with Crippen LogP contribution in [0.15, 0.2) is 47.0 Å². The van der Waals surface area contributed by atoms with Crippen molar-refractivity contribution in [1.29, 1.82) is 0 Å². The minimum atomic E-state index is -4.45. The van der Waals surface area contributed by atoms with E-state index in [2.05, 4.69) is 15.5 Å². The normalized spacial score (nSPS) is 11.5. The van der Waals surface area contributed by atoms with Gasteiger partial charge in [0.25, 0.3) is 0 Å². The summed E-state index contributed by atoms with van der Waals surface area (Å²) in [6.07, 6.45) is -4.16. The van der Waals surface area contributed by atoms with Crippen molar-refractivity contribution in [2.24, 2.45) is 0 Å². The van der Waals surface area contributed by atoms with Crippen molar-refractivity contribution >= 4 is 11.6 Å². The summed E-state index contributed by atoms with van der Waals surface area (Å²) in [6, 6.07) is 10.3. The van der Waals surface area contributed by atoms with Crippen molar-refractivity contribution in [3.63, 3.8) is 0 Å². The molecule has 0 atom stereocenters. The van der Waals surface area contributed by atoms with Gasteiger partial charge in [0.1, 0.15) is 0 Å². The van der Waals surface area contributed by atoms with Gasteiger partial charge in [0, 0.05) is 24.1 Å². The topological polar surface area (TPSA) is 68.0 Å². The molecule has 28 heavy (non-hydrogen) atoms. The maximum atomic E-state index is 12.8. The lowest BCUT2D eigenvalue weighted by molar-refractivity contribution is -0.137. The van der Waals surface area contributed by atoms with E-state index in [-0.39, 0.29) is 36.0 Å². The predicted octanol–water partition coefficient (Wildman–Crippen LogP) is 4.94. The van der Waals surface area contributed by atoms with E-state index in [1.807, 2.05) is 32.0 Å². The second-order valence-electron chi connectivity index (χ2n) is 6.39. The van der Waals surface area contributed by atoms with Gasteiger partial charge in [-0.15, -0.1) is 0 Å². The third kappa shape index (κ3) is 4.57. The molecule has 1 heterocycles. The van der Waals surface area contributed by atoms with E-state index in [4.69, 9.17) is 4.52 Å². The molecule has 8 heteroatoms. The standard InChI is InChI=1S/C20H18F3N3O2/c1-12-5-3-8-16(13(12)2)24-17(27)9-10-18-25-19(26-28-18)14-6-4-7-15(11-14)20(21,22)23/h3-8,11H,9-10H2,1-2H3,(H,24,27). The molecule has 0 aliphatic rings. The van der Waals surface area contributed by atoms with E-state index in [0.717, 1.165) is 28.9 Å². The Morgan fingerprint density at radius 3 is 2.64 bits per heavy atom. The zero-order chi connectivity index (χ0) is 20.3. The third-order valence-corrected chi connectivity index (χ3v) is 4.36. The molecule has 0 spiro atoms. The van der Waals surface area contributed by atoms with E-state index in [9.17, 15) is 18.0 Å². The summed E-state index contributed by atoms with van der Waals surface area (Å²) in [6.45, 7) is 3.88. The molecule has 0 unspecified atom stereocenters. The first-order valence-corrected chi connectivity index (χ1v) is 8.60. The quantitative estimate of drug-likeness (QED) is 0.671. The molecule has 146 valence electrons. The summed E-state index contributed by atoms with van der Waals surface area (Å²) in [5.74, 6) is 0.0204. The molecule has 0 bridgehead atoms. The van der Waals surface area contributed by atoms with E-state index < -0.39 is 11.7 Å². The number of hydrogen-bond donors (Lipinski definition) is 1. The molecule has 0 aliphatic heterocycles. The van der Waals surface area contributed by atoms with Gasteiger partial charge in [-0.05, 0) is 43.2 Å². The van der Waals surface area contributed by atoms with Crippen LogP contribution in [0.4, 0.5) is 18.9 Å². The monoisotopic (exact) mass is 389 g/mol. The first-order valence-electron chi connectivity index (χ1n) is 8.60. The first kappa shape index (κ1) is 19.6. The predicted molar refractivity (Wildman–Crippen MR) is 97.6 cm³/mol. The molecule has 2 aromatic carbocycles. The number of aromatic nitrogens is 2.